The molecule has 0 fully saturated rings. The Morgan fingerprint density at radius 1 is 0.357 bits per heavy atom. The summed E-state index contributed by atoms with van der Waals surface area (Å²) in [6.45, 7) is 4.71. The molecule has 14 rings (SSSR count). The first kappa shape index (κ1) is 40.6. The zero-order chi connectivity index (χ0) is 46.5. The van der Waals surface area contributed by atoms with Crippen molar-refractivity contribution in [3.05, 3.63) is 254 Å². The average molecular weight is 911 g/mol. The van der Waals surface area contributed by atoms with Crippen LogP contribution in [0.2, 0.25) is 0 Å². The van der Waals surface area contributed by atoms with Crippen LogP contribution in [0, 0.1) is 0 Å². The Bertz CT molecular complexity index is 4180. The standard InChI is InChI=1S/C67H46N2S/c1-67(2)60-23-10-8-19-58(60)64-52(20-13-24-61(64)67)45-28-36-50(37-29-45)68(51-38-30-46(31-39-51)54-21-12-22-56-57-40-32-44-14-6-7-17-53(44)66(57)70-65(54)56)49-34-26-43(27-35-49)47-33-41-63-59(42-47)55-18-9-11-25-62(55)69(63)48-15-4-3-5-16-48/h3-42H,1-2H3. The fourth-order valence-corrected chi connectivity index (χ4v) is 13.0. The van der Waals surface area contributed by atoms with E-state index < -0.39 is 0 Å². The molecule has 0 amide bonds. The predicted molar refractivity (Wildman–Crippen MR) is 300 cm³/mol. The van der Waals surface area contributed by atoms with E-state index in [1.54, 1.807) is 0 Å². The Balaban J connectivity index is 0.866. The summed E-state index contributed by atoms with van der Waals surface area (Å²) in [5, 5.41) is 7.73. The second kappa shape index (κ2) is 15.8. The monoisotopic (exact) mass is 910 g/mol. The van der Waals surface area contributed by atoms with E-state index in [0.717, 1.165) is 17.1 Å². The van der Waals surface area contributed by atoms with Gasteiger partial charge in [0.25, 0.3) is 0 Å². The SMILES string of the molecule is CC1(C)c2ccccc2-c2c(-c3ccc(N(c4ccc(-c5ccc6c(c5)c5ccccc5n6-c5ccccc5)cc4)c4ccc(-c5cccc6c5sc5c7ccccc7ccc65)cc4)cc3)cccc21. The van der Waals surface area contributed by atoms with Gasteiger partial charge in [-0.15, -0.1) is 11.3 Å². The van der Waals surface area contributed by atoms with E-state index in [-0.39, 0.29) is 5.41 Å². The molecule has 0 radical (unpaired) electrons. The lowest BCUT2D eigenvalue weighted by molar-refractivity contribution is 0.660. The molecule has 1 aliphatic carbocycles. The first-order valence-corrected chi connectivity index (χ1v) is 25.1. The van der Waals surface area contributed by atoms with Crippen LogP contribution in [-0.4, -0.2) is 4.57 Å². The third-order valence-electron chi connectivity index (χ3n) is 15.0. The molecule has 1 aliphatic rings. The second-order valence-corrected chi connectivity index (χ2v) is 20.3. The molecule has 2 nitrogen and oxygen atoms in total. The Hall–Kier alpha value is -8.50. The molecule has 0 saturated carbocycles. The highest BCUT2D eigenvalue weighted by molar-refractivity contribution is 7.27. The van der Waals surface area contributed by atoms with Gasteiger partial charge >= 0.3 is 0 Å². The molecule has 0 aliphatic heterocycles. The summed E-state index contributed by atoms with van der Waals surface area (Å²) < 4.78 is 5.05. The van der Waals surface area contributed by atoms with Crippen molar-refractivity contribution in [2.75, 3.05) is 4.90 Å². The van der Waals surface area contributed by atoms with Gasteiger partial charge in [0.2, 0.25) is 0 Å². The van der Waals surface area contributed by atoms with Gasteiger partial charge in [-0.3, -0.25) is 0 Å². The Morgan fingerprint density at radius 2 is 0.900 bits per heavy atom. The molecular weight excluding hydrogens is 865 g/mol. The van der Waals surface area contributed by atoms with Crippen molar-refractivity contribution in [2.24, 2.45) is 0 Å². The lowest BCUT2D eigenvalue weighted by Gasteiger charge is -2.26. The molecule has 0 spiro atoms. The fourth-order valence-electron chi connectivity index (χ4n) is 11.6. The number of fused-ring (bicyclic) bond motifs is 11. The van der Waals surface area contributed by atoms with Crippen LogP contribution in [0.4, 0.5) is 17.1 Å². The Kier molecular flexibility index (Phi) is 9.14. The average Bonchev–Trinajstić information content (AvgIpc) is 4.05. The second-order valence-electron chi connectivity index (χ2n) is 19.2. The Labute approximate surface area is 411 Å². The van der Waals surface area contributed by atoms with Crippen molar-refractivity contribution < 1.29 is 0 Å². The molecule has 0 saturated heterocycles. The molecule has 70 heavy (non-hydrogen) atoms. The minimum atomic E-state index is -0.0549. The maximum absolute atomic E-state index is 2.40. The van der Waals surface area contributed by atoms with Crippen LogP contribution in [0.15, 0.2) is 243 Å². The number of benzene rings is 11. The topological polar surface area (TPSA) is 8.17 Å². The van der Waals surface area contributed by atoms with Gasteiger partial charge in [-0.05, 0) is 133 Å². The number of para-hydroxylation sites is 2. The first-order valence-electron chi connectivity index (χ1n) is 24.2. The number of thiophene rings is 1. The van der Waals surface area contributed by atoms with Gasteiger partial charge < -0.3 is 9.47 Å². The maximum atomic E-state index is 2.40. The molecule has 2 aromatic heterocycles. The van der Waals surface area contributed by atoms with Crippen molar-refractivity contribution in [2.45, 2.75) is 19.3 Å². The maximum Gasteiger partial charge on any atom is 0.0541 e. The molecule has 0 N–H and O–H groups in total. The van der Waals surface area contributed by atoms with Crippen molar-refractivity contribution in [3.63, 3.8) is 0 Å². The van der Waals surface area contributed by atoms with Gasteiger partial charge in [-0.2, -0.15) is 0 Å². The van der Waals surface area contributed by atoms with Gasteiger partial charge in [0, 0.05) is 59.1 Å². The number of hydrogen-bond donors (Lipinski definition) is 0. The molecule has 0 bridgehead atoms. The molecule has 330 valence electrons. The number of rotatable bonds is 7. The molecule has 3 heteroatoms. The van der Waals surface area contributed by atoms with E-state index in [4.69, 9.17) is 0 Å². The summed E-state index contributed by atoms with van der Waals surface area (Å²) in [5.74, 6) is 0. The van der Waals surface area contributed by atoms with Crippen molar-refractivity contribution in [1.82, 2.24) is 4.57 Å². The Morgan fingerprint density at radius 3 is 1.67 bits per heavy atom. The summed E-state index contributed by atoms with van der Waals surface area (Å²) >= 11 is 1.91. The number of aromatic nitrogens is 1. The van der Waals surface area contributed by atoms with Gasteiger partial charge in [0.05, 0.1) is 11.0 Å². The highest BCUT2D eigenvalue weighted by Gasteiger charge is 2.36. The molecule has 2 heterocycles. The zero-order valence-corrected chi connectivity index (χ0v) is 39.7. The van der Waals surface area contributed by atoms with Crippen LogP contribution in [0.25, 0.3) is 103 Å². The number of hydrogen-bond acceptors (Lipinski definition) is 2. The first-order chi connectivity index (χ1) is 34.5. The summed E-state index contributed by atoms with van der Waals surface area (Å²) in [6, 6.07) is 89.7. The minimum absolute atomic E-state index is 0.0549. The smallest absolute Gasteiger partial charge is 0.0541 e. The number of nitrogens with zero attached hydrogens (tertiary/aromatic N) is 2. The lowest BCUT2D eigenvalue weighted by atomic mass is 9.82. The van der Waals surface area contributed by atoms with Crippen LogP contribution < -0.4 is 4.90 Å². The number of anilines is 3. The summed E-state index contributed by atoms with van der Waals surface area (Å²) in [4.78, 5) is 2.40. The van der Waals surface area contributed by atoms with Crippen LogP contribution in [0.5, 0.6) is 0 Å². The van der Waals surface area contributed by atoms with Crippen LogP contribution in [0.3, 0.4) is 0 Å². The zero-order valence-electron chi connectivity index (χ0n) is 38.9. The minimum Gasteiger partial charge on any atom is -0.311 e. The quantitative estimate of drug-likeness (QED) is 0.155. The summed E-state index contributed by atoms with van der Waals surface area (Å²) in [7, 11) is 0. The third-order valence-corrected chi connectivity index (χ3v) is 16.3. The van der Waals surface area contributed by atoms with E-state index in [0.29, 0.717) is 0 Å². The van der Waals surface area contributed by atoms with Gasteiger partial charge in [-0.25, -0.2) is 0 Å². The largest absolute Gasteiger partial charge is 0.311 e. The molecule has 0 atom stereocenters. The van der Waals surface area contributed by atoms with E-state index in [9.17, 15) is 0 Å². The normalized spacial score (nSPS) is 12.8. The highest BCUT2D eigenvalue weighted by atomic mass is 32.1. The predicted octanol–water partition coefficient (Wildman–Crippen LogP) is 19.1. The van der Waals surface area contributed by atoms with Crippen molar-refractivity contribution >= 4 is 81.1 Å². The molecule has 13 aromatic rings. The van der Waals surface area contributed by atoms with E-state index in [2.05, 4.69) is 266 Å². The molecule has 0 unspecified atom stereocenters. The van der Waals surface area contributed by atoms with E-state index in [1.807, 2.05) is 11.3 Å². The van der Waals surface area contributed by atoms with Crippen molar-refractivity contribution in [3.8, 4) is 50.2 Å². The van der Waals surface area contributed by atoms with Crippen molar-refractivity contribution in [1.29, 1.82) is 0 Å². The van der Waals surface area contributed by atoms with Gasteiger partial charge in [-0.1, -0.05) is 190 Å². The molecule has 11 aromatic carbocycles. The lowest BCUT2D eigenvalue weighted by Crippen LogP contribution is -2.14. The third kappa shape index (κ3) is 6.25. The summed E-state index contributed by atoms with van der Waals surface area (Å²) in [5.41, 5.74) is 19.6. The van der Waals surface area contributed by atoms with Gasteiger partial charge in [0.1, 0.15) is 0 Å². The van der Waals surface area contributed by atoms with Crippen LogP contribution >= 0.6 is 11.3 Å². The van der Waals surface area contributed by atoms with Crippen LogP contribution in [-0.2, 0) is 5.41 Å². The fraction of sp³-hybridized carbons (Fsp3) is 0.0448. The highest BCUT2D eigenvalue weighted by Crippen LogP contribution is 2.52. The van der Waals surface area contributed by atoms with Crippen LogP contribution in [0.1, 0.15) is 25.0 Å². The van der Waals surface area contributed by atoms with E-state index in [1.165, 1.54) is 114 Å². The molecular formula is C67H46N2S. The van der Waals surface area contributed by atoms with Gasteiger partial charge in [0.15, 0.2) is 0 Å². The summed E-state index contributed by atoms with van der Waals surface area (Å²) in [6.07, 6.45) is 0. The van der Waals surface area contributed by atoms with E-state index >= 15 is 0 Å².